The lowest BCUT2D eigenvalue weighted by Gasteiger charge is -2.14. The zero-order valence-electron chi connectivity index (χ0n) is 13.4. The molecular weight excluding hydrogens is 258 g/mol. The predicted molar refractivity (Wildman–Crippen MR) is 89.1 cm³/mol. The van der Waals surface area contributed by atoms with E-state index in [4.69, 9.17) is 10.5 Å². The minimum absolute atomic E-state index is 0.232. The fourth-order valence-electron chi connectivity index (χ4n) is 2.43. The molecule has 2 nitrogen and oxygen atoms in total. The highest BCUT2D eigenvalue weighted by atomic mass is 16.5. The van der Waals surface area contributed by atoms with Crippen LogP contribution in [0.15, 0.2) is 36.4 Å². The second kappa shape index (κ2) is 6.77. The van der Waals surface area contributed by atoms with E-state index in [9.17, 15) is 0 Å². The molecule has 2 aromatic carbocycles. The molecule has 2 rings (SSSR count). The van der Waals surface area contributed by atoms with Crippen LogP contribution in [-0.2, 0) is 6.42 Å². The van der Waals surface area contributed by atoms with E-state index in [0.29, 0.717) is 0 Å². The first-order valence-corrected chi connectivity index (χ1v) is 7.59. The van der Waals surface area contributed by atoms with Crippen molar-refractivity contribution in [2.75, 3.05) is 0 Å². The highest BCUT2D eigenvalue weighted by Crippen LogP contribution is 2.29. The predicted octanol–water partition coefficient (Wildman–Crippen LogP) is 4.68. The van der Waals surface area contributed by atoms with Gasteiger partial charge in [-0.2, -0.15) is 0 Å². The van der Waals surface area contributed by atoms with E-state index in [0.717, 1.165) is 35.5 Å². The Morgan fingerprint density at radius 3 is 2.14 bits per heavy atom. The number of aryl methyl sites for hydroxylation is 3. The number of rotatable bonds is 5. The zero-order chi connectivity index (χ0) is 15.4. The summed E-state index contributed by atoms with van der Waals surface area (Å²) < 4.78 is 6.05. The lowest BCUT2D eigenvalue weighted by molar-refractivity contribution is 0.474. The summed E-state index contributed by atoms with van der Waals surface area (Å²) in [6.07, 6.45) is 1.92. The Morgan fingerprint density at radius 2 is 1.57 bits per heavy atom. The molecule has 2 N–H and O–H groups in total. The van der Waals surface area contributed by atoms with Crippen molar-refractivity contribution in [2.45, 2.75) is 46.6 Å². The Labute approximate surface area is 127 Å². The molecule has 0 aliphatic carbocycles. The van der Waals surface area contributed by atoms with Crippen molar-refractivity contribution in [1.29, 1.82) is 0 Å². The van der Waals surface area contributed by atoms with Crippen LogP contribution in [0.1, 0.15) is 35.6 Å². The van der Waals surface area contributed by atoms with Crippen molar-refractivity contribution in [3.63, 3.8) is 0 Å². The van der Waals surface area contributed by atoms with Crippen LogP contribution in [0.5, 0.6) is 11.5 Å². The van der Waals surface area contributed by atoms with E-state index in [1.165, 1.54) is 11.1 Å². The molecule has 0 aliphatic rings. The Kier molecular flexibility index (Phi) is 5.03. The SMILES string of the molecule is CCC(N)Cc1ccc(Oc2ccc(C)cc2C)c(C)c1. The van der Waals surface area contributed by atoms with Gasteiger partial charge in [-0.25, -0.2) is 0 Å². The van der Waals surface area contributed by atoms with E-state index in [1.54, 1.807) is 0 Å². The van der Waals surface area contributed by atoms with Crippen LogP contribution in [0.2, 0.25) is 0 Å². The molecule has 0 saturated heterocycles. The molecule has 0 aliphatic heterocycles. The molecule has 0 bridgehead atoms. The summed E-state index contributed by atoms with van der Waals surface area (Å²) in [5.74, 6) is 1.83. The van der Waals surface area contributed by atoms with Crippen molar-refractivity contribution in [3.8, 4) is 11.5 Å². The first-order valence-electron chi connectivity index (χ1n) is 7.59. The van der Waals surface area contributed by atoms with Crippen molar-refractivity contribution in [3.05, 3.63) is 58.7 Å². The Bertz CT molecular complexity index is 619. The number of hydrogen-bond donors (Lipinski definition) is 1. The molecule has 2 aromatic rings. The second-order valence-corrected chi connectivity index (χ2v) is 5.84. The molecule has 0 spiro atoms. The smallest absolute Gasteiger partial charge is 0.130 e. The molecule has 1 unspecified atom stereocenters. The summed E-state index contributed by atoms with van der Waals surface area (Å²) in [5, 5.41) is 0. The molecule has 112 valence electrons. The van der Waals surface area contributed by atoms with Crippen molar-refractivity contribution in [1.82, 2.24) is 0 Å². The maximum absolute atomic E-state index is 6.05. The van der Waals surface area contributed by atoms with Crippen LogP contribution in [0.4, 0.5) is 0 Å². The van der Waals surface area contributed by atoms with Gasteiger partial charge in [-0.3, -0.25) is 0 Å². The summed E-state index contributed by atoms with van der Waals surface area (Å²) in [6.45, 7) is 8.37. The van der Waals surface area contributed by atoms with Gasteiger partial charge in [0, 0.05) is 6.04 Å². The van der Waals surface area contributed by atoms with Gasteiger partial charge in [-0.05, 0) is 62.4 Å². The van der Waals surface area contributed by atoms with Crippen LogP contribution in [0.25, 0.3) is 0 Å². The highest BCUT2D eigenvalue weighted by Gasteiger charge is 2.07. The van der Waals surface area contributed by atoms with Gasteiger partial charge in [0.2, 0.25) is 0 Å². The van der Waals surface area contributed by atoms with Crippen LogP contribution in [0, 0.1) is 20.8 Å². The quantitative estimate of drug-likeness (QED) is 0.864. The van der Waals surface area contributed by atoms with Gasteiger partial charge in [-0.1, -0.05) is 36.8 Å². The number of hydrogen-bond acceptors (Lipinski definition) is 2. The molecule has 0 radical (unpaired) electrons. The molecule has 0 fully saturated rings. The van der Waals surface area contributed by atoms with E-state index in [-0.39, 0.29) is 6.04 Å². The molecule has 0 amide bonds. The summed E-state index contributed by atoms with van der Waals surface area (Å²) in [7, 11) is 0. The van der Waals surface area contributed by atoms with Gasteiger partial charge in [-0.15, -0.1) is 0 Å². The van der Waals surface area contributed by atoms with Gasteiger partial charge in [0.25, 0.3) is 0 Å². The molecule has 0 saturated carbocycles. The fourth-order valence-corrected chi connectivity index (χ4v) is 2.43. The average molecular weight is 283 g/mol. The van der Waals surface area contributed by atoms with Crippen LogP contribution < -0.4 is 10.5 Å². The van der Waals surface area contributed by atoms with E-state index < -0.39 is 0 Å². The van der Waals surface area contributed by atoms with Crippen LogP contribution in [0.3, 0.4) is 0 Å². The summed E-state index contributed by atoms with van der Waals surface area (Å²) in [5.41, 5.74) is 10.9. The zero-order valence-corrected chi connectivity index (χ0v) is 13.4. The number of nitrogens with two attached hydrogens (primary N) is 1. The van der Waals surface area contributed by atoms with Gasteiger partial charge in [0.05, 0.1) is 0 Å². The van der Waals surface area contributed by atoms with Gasteiger partial charge >= 0.3 is 0 Å². The van der Waals surface area contributed by atoms with Crippen LogP contribution in [-0.4, -0.2) is 6.04 Å². The van der Waals surface area contributed by atoms with Crippen molar-refractivity contribution >= 4 is 0 Å². The lowest BCUT2D eigenvalue weighted by atomic mass is 10.0. The number of ether oxygens (including phenoxy) is 1. The maximum atomic E-state index is 6.05. The van der Waals surface area contributed by atoms with Crippen molar-refractivity contribution in [2.24, 2.45) is 5.73 Å². The Morgan fingerprint density at radius 1 is 0.952 bits per heavy atom. The first kappa shape index (κ1) is 15.6. The van der Waals surface area contributed by atoms with Gasteiger partial charge in [0.15, 0.2) is 0 Å². The highest BCUT2D eigenvalue weighted by molar-refractivity contribution is 5.43. The molecular formula is C19H25NO. The van der Waals surface area contributed by atoms with Gasteiger partial charge in [0.1, 0.15) is 11.5 Å². The topological polar surface area (TPSA) is 35.2 Å². The minimum atomic E-state index is 0.232. The number of benzene rings is 2. The second-order valence-electron chi connectivity index (χ2n) is 5.84. The van der Waals surface area contributed by atoms with E-state index in [1.807, 2.05) is 12.1 Å². The van der Waals surface area contributed by atoms with E-state index >= 15 is 0 Å². The first-order chi connectivity index (χ1) is 9.99. The Hall–Kier alpha value is -1.80. The standard InChI is InChI=1S/C19H25NO/c1-5-17(20)12-16-7-9-19(15(4)11-16)21-18-8-6-13(2)10-14(18)3/h6-11,17H,5,12,20H2,1-4H3. The average Bonchev–Trinajstić information content (AvgIpc) is 2.44. The third kappa shape index (κ3) is 4.08. The third-order valence-corrected chi connectivity index (χ3v) is 3.81. The maximum Gasteiger partial charge on any atom is 0.130 e. The third-order valence-electron chi connectivity index (χ3n) is 3.81. The fraction of sp³-hybridized carbons (Fsp3) is 0.368. The molecule has 1 atom stereocenters. The minimum Gasteiger partial charge on any atom is -0.457 e. The van der Waals surface area contributed by atoms with Gasteiger partial charge < -0.3 is 10.5 Å². The molecule has 21 heavy (non-hydrogen) atoms. The monoisotopic (exact) mass is 283 g/mol. The molecule has 2 heteroatoms. The summed E-state index contributed by atoms with van der Waals surface area (Å²) in [4.78, 5) is 0. The normalized spacial score (nSPS) is 12.2. The molecule has 0 heterocycles. The Balaban J connectivity index is 2.17. The van der Waals surface area contributed by atoms with Crippen LogP contribution >= 0.6 is 0 Å². The largest absolute Gasteiger partial charge is 0.457 e. The summed E-state index contributed by atoms with van der Waals surface area (Å²) >= 11 is 0. The van der Waals surface area contributed by atoms with Crippen molar-refractivity contribution < 1.29 is 4.74 Å². The lowest BCUT2D eigenvalue weighted by Crippen LogP contribution is -2.21. The van der Waals surface area contributed by atoms with E-state index in [2.05, 4.69) is 52.0 Å². The summed E-state index contributed by atoms with van der Waals surface area (Å²) in [6, 6.07) is 12.8. The molecule has 0 aromatic heterocycles.